The molecule has 1 aromatic rings. The fourth-order valence-corrected chi connectivity index (χ4v) is 1.72. The molecule has 0 spiro atoms. The zero-order chi connectivity index (χ0) is 13.2. The van der Waals surface area contributed by atoms with Gasteiger partial charge in [0.05, 0.1) is 12.0 Å². The summed E-state index contributed by atoms with van der Waals surface area (Å²) in [4.78, 5) is 9.97. The van der Waals surface area contributed by atoms with E-state index in [1.54, 1.807) is 0 Å². The predicted molar refractivity (Wildman–Crippen MR) is 65.2 cm³/mol. The molecule has 0 aliphatic carbocycles. The Balaban J connectivity index is 3.21. The number of benzene rings is 1. The van der Waals surface area contributed by atoms with E-state index in [2.05, 4.69) is 31.9 Å². The van der Waals surface area contributed by atoms with Gasteiger partial charge in [-0.1, -0.05) is 6.07 Å². The number of hydrogen-bond acceptors (Lipinski definition) is 3. The van der Waals surface area contributed by atoms with E-state index < -0.39 is 20.3 Å². The van der Waals surface area contributed by atoms with Crippen LogP contribution in [0.2, 0.25) is 0 Å². The zero-order valence-electron chi connectivity index (χ0n) is 8.49. The van der Waals surface area contributed by atoms with Gasteiger partial charge < -0.3 is 4.74 Å². The van der Waals surface area contributed by atoms with Gasteiger partial charge in [0.1, 0.15) is 0 Å². The van der Waals surface area contributed by atoms with Crippen molar-refractivity contribution >= 4 is 37.5 Å². The first kappa shape index (κ1) is 14.3. The van der Waals surface area contributed by atoms with Gasteiger partial charge in [0, 0.05) is 6.07 Å². The quantitative estimate of drug-likeness (QED) is 0.454. The molecule has 0 aliphatic heterocycles. The van der Waals surface area contributed by atoms with Crippen molar-refractivity contribution in [3.8, 4) is 5.75 Å². The molecule has 4 nitrogen and oxygen atoms in total. The Labute approximate surface area is 112 Å². The molecule has 0 saturated carbocycles. The highest BCUT2D eigenvalue weighted by Crippen LogP contribution is 2.44. The Bertz CT molecular complexity index is 437. The number of hydrogen-bond donors (Lipinski definition) is 0. The summed E-state index contributed by atoms with van der Waals surface area (Å²) in [6.07, 6.45) is -2.09. The van der Waals surface area contributed by atoms with Crippen LogP contribution in [-0.2, 0) is 0 Å². The second kappa shape index (κ2) is 5.26. The standard InChI is InChI=1S/C9H7Br2F2NO3/c1-17-7-3-2-5(4-6(7)14(15)16)8(12)9(10,11)13/h2-4,8H,1H3/t8-/m0/s1. The molecule has 0 aromatic heterocycles. The van der Waals surface area contributed by atoms with E-state index in [9.17, 15) is 18.9 Å². The lowest BCUT2D eigenvalue weighted by molar-refractivity contribution is -0.385. The number of nitro benzene ring substituents is 1. The fraction of sp³-hybridized carbons (Fsp3) is 0.333. The number of alkyl halides is 4. The number of nitrogens with zero attached hydrogens (tertiary/aromatic N) is 1. The summed E-state index contributed by atoms with van der Waals surface area (Å²) in [5.41, 5.74) is -0.592. The SMILES string of the molecule is COc1ccc([C@H](F)C(F)(Br)Br)cc1[N+](=O)[O-]. The van der Waals surface area contributed by atoms with Gasteiger partial charge in [-0.05, 0) is 43.5 Å². The lowest BCUT2D eigenvalue weighted by Crippen LogP contribution is -2.12. The lowest BCUT2D eigenvalue weighted by Gasteiger charge is -2.16. The average Bonchev–Trinajstić information content (AvgIpc) is 2.25. The molecule has 0 bridgehead atoms. The van der Waals surface area contributed by atoms with Crippen molar-refractivity contribution in [3.63, 3.8) is 0 Å². The molecule has 0 fully saturated rings. The molecule has 0 aliphatic rings. The van der Waals surface area contributed by atoms with Gasteiger partial charge in [0.25, 0.3) is 3.49 Å². The molecule has 1 rings (SSSR count). The number of nitro groups is 1. The summed E-state index contributed by atoms with van der Waals surface area (Å²) in [6, 6.07) is 3.36. The molecule has 8 heteroatoms. The maximum Gasteiger partial charge on any atom is 0.311 e. The maximum atomic E-state index is 13.6. The molecule has 0 radical (unpaired) electrons. The van der Waals surface area contributed by atoms with Gasteiger partial charge in [0.15, 0.2) is 11.9 Å². The van der Waals surface area contributed by atoms with Crippen molar-refractivity contribution in [2.45, 2.75) is 9.66 Å². The predicted octanol–water partition coefficient (Wildman–Crippen LogP) is 4.03. The average molecular weight is 375 g/mol. The van der Waals surface area contributed by atoms with Crippen molar-refractivity contribution in [2.24, 2.45) is 0 Å². The van der Waals surface area contributed by atoms with E-state index in [0.717, 1.165) is 6.07 Å². The van der Waals surface area contributed by atoms with Crippen LogP contribution in [0.4, 0.5) is 14.5 Å². The lowest BCUT2D eigenvalue weighted by atomic mass is 10.1. The third kappa shape index (κ3) is 3.35. The summed E-state index contributed by atoms with van der Waals surface area (Å²) in [7, 11) is 1.25. The van der Waals surface area contributed by atoms with Crippen LogP contribution < -0.4 is 4.74 Å². The molecule has 0 amide bonds. The number of ether oxygens (including phenoxy) is 1. The third-order valence-corrected chi connectivity index (χ3v) is 2.78. The maximum absolute atomic E-state index is 13.6. The van der Waals surface area contributed by atoms with Gasteiger partial charge in [-0.2, -0.15) is 0 Å². The molecule has 0 unspecified atom stereocenters. The van der Waals surface area contributed by atoms with Crippen LogP contribution in [0, 0.1) is 10.1 Å². The second-order valence-electron chi connectivity index (χ2n) is 3.09. The van der Waals surface area contributed by atoms with Crippen LogP contribution in [-0.4, -0.2) is 15.5 Å². The van der Waals surface area contributed by atoms with E-state index in [0.29, 0.717) is 0 Å². The largest absolute Gasteiger partial charge is 0.490 e. The molecule has 0 N–H and O–H groups in total. The van der Waals surface area contributed by atoms with E-state index in [1.165, 1.54) is 19.2 Å². The van der Waals surface area contributed by atoms with Gasteiger partial charge in [-0.25, -0.2) is 8.78 Å². The van der Waals surface area contributed by atoms with Crippen LogP contribution in [0.1, 0.15) is 11.7 Å². The minimum atomic E-state index is -2.47. The first-order valence-corrected chi connectivity index (χ1v) is 5.89. The molecule has 0 heterocycles. The number of rotatable bonds is 4. The Kier molecular flexibility index (Phi) is 4.42. The number of methoxy groups -OCH3 is 1. The van der Waals surface area contributed by atoms with E-state index in [4.69, 9.17) is 4.74 Å². The second-order valence-corrected chi connectivity index (χ2v) is 6.46. The molecular weight excluding hydrogens is 368 g/mol. The van der Waals surface area contributed by atoms with E-state index in [-0.39, 0.29) is 11.3 Å². The van der Waals surface area contributed by atoms with Crippen LogP contribution in [0.25, 0.3) is 0 Å². The minimum absolute atomic E-state index is 0.0143. The topological polar surface area (TPSA) is 52.4 Å². The normalized spacial score (nSPS) is 13.2. The molecule has 1 atom stereocenters. The highest BCUT2D eigenvalue weighted by atomic mass is 79.9. The first-order valence-electron chi connectivity index (χ1n) is 4.30. The van der Waals surface area contributed by atoms with Gasteiger partial charge >= 0.3 is 5.69 Å². The Morgan fingerprint density at radius 1 is 1.53 bits per heavy atom. The molecular formula is C9H7Br2F2NO3. The van der Waals surface area contributed by atoms with Crippen LogP contribution in [0.15, 0.2) is 18.2 Å². The summed E-state index contributed by atoms with van der Waals surface area (Å²) < 4.78 is 29.1. The van der Waals surface area contributed by atoms with Crippen molar-refractivity contribution in [1.82, 2.24) is 0 Å². The summed E-state index contributed by atoms with van der Waals surface area (Å²) in [6.45, 7) is 0. The highest BCUT2D eigenvalue weighted by molar-refractivity contribution is 9.25. The first-order chi connectivity index (χ1) is 7.77. The van der Waals surface area contributed by atoms with E-state index >= 15 is 0 Å². The molecule has 0 saturated heterocycles. The van der Waals surface area contributed by atoms with E-state index in [1.807, 2.05) is 0 Å². The van der Waals surface area contributed by atoms with Crippen molar-refractivity contribution in [1.29, 1.82) is 0 Å². The van der Waals surface area contributed by atoms with Gasteiger partial charge in [0.2, 0.25) is 0 Å². The van der Waals surface area contributed by atoms with Crippen LogP contribution in [0.3, 0.4) is 0 Å². The monoisotopic (exact) mass is 373 g/mol. The molecule has 1 aromatic carbocycles. The highest BCUT2D eigenvalue weighted by Gasteiger charge is 2.36. The Hall–Kier alpha value is -0.760. The Morgan fingerprint density at radius 2 is 2.12 bits per heavy atom. The van der Waals surface area contributed by atoms with Crippen molar-refractivity contribution in [2.75, 3.05) is 7.11 Å². The number of halogens is 4. The molecule has 17 heavy (non-hydrogen) atoms. The Morgan fingerprint density at radius 3 is 2.53 bits per heavy atom. The summed E-state index contributed by atoms with van der Waals surface area (Å²) in [5.74, 6) is -0.0143. The van der Waals surface area contributed by atoms with Gasteiger partial charge in [-0.15, -0.1) is 0 Å². The van der Waals surface area contributed by atoms with Crippen molar-refractivity contribution in [3.05, 3.63) is 33.9 Å². The minimum Gasteiger partial charge on any atom is -0.490 e. The van der Waals surface area contributed by atoms with Crippen LogP contribution >= 0.6 is 31.9 Å². The van der Waals surface area contributed by atoms with Crippen LogP contribution in [0.5, 0.6) is 5.75 Å². The summed E-state index contributed by atoms with van der Waals surface area (Å²) >= 11 is 4.90. The summed E-state index contributed by atoms with van der Waals surface area (Å²) in [5, 5.41) is 10.7. The fourth-order valence-electron chi connectivity index (χ4n) is 1.20. The smallest absolute Gasteiger partial charge is 0.311 e. The molecule has 94 valence electrons. The van der Waals surface area contributed by atoms with Gasteiger partial charge in [-0.3, -0.25) is 10.1 Å². The third-order valence-electron chi connectivity index (χ3n) is 1.98. The van der Waals surface area contributed by atoms with Crippen molar-refractivity contribution < 1.29 is 18.4 Å². The zero-order valence-corrected chi connectivity index (χ0v) is 11.7.